The maximum absolute atomic E-state index is 12.2. The summed E-state index contributed by atoms with van der Waals surface area (Å²) >= 11 is 0. The molecule has 0 radical (unpaired) electrons. The second-order valence-electron chi connectivity index (χ2n) is 5.10. The number of likely N-dealkylation sites (tertiary alicyclic amines) is 1. The van der Waals surface area contributed by atoms with Gasteiger partial charge in [-0.05, 0) is 31.0 Å². The van der Waals surface area contributed by atoms with E-state index < -0.39 is 0 Å². The van der Waals surface area contributed by atoms with Gasteiger partial charge in [0, 0.05) is 31.7 Å². The van der Waals surface area contributed by atoms with Gasteiger partial charge in [-0.15, -0.1) is 0 Å². The first-order valence-corrected chi connectivity index (χ1v) is 7.12. The molecule has 0 saturated carbocycles. The molecule has 3 rings (SSSR count). The van der Waals surface area contributed by atoms with Crippen molar-refractivity contribution in [2.24, 2.45) is 0 Å². The van der Waals surface area contributed by atoms with Crippen molar-refractivity contribution in [1.82, 2.24) is 19.7 Å². The zero-order valence-electron chi connectivity index (χ0n) is 11.8. The lowest BCUT2D eigenvalue weighted by Crippen LogP contribution is -2.43. The van der Waals surface area contributed by atoms with E-state index in [1.807, 2.05) is 21.8 Å². The summed E-state index contributed by atoms with van der Waals surface area (Å²) in [5.41, 5.74) is 0. The van der Waals surface area contributed by atoms with E-state index in [-0.39, 0.29) is 18.6 Å². The van der Waals surface area contributed by atoms with Crippen molar-refractivity contribution in [3.8, 4) is 5.75 Å². The molecular formula is C15H18N4O2. The molecule has 3 heterocycles. The Morgan fingerprint density at radius 1 is 1.38 bits per heavy atom. The van der Waals surface area contributed by atoms with Crippen molar-refractivity contribution < 1.29 is 9.53 Å². The number of nitrogens with zero attached hydrogens (tertiary/aromatic N) is 4. The number of pyridine rings is 1. The van der Waals surface area contributed by atoms with Crippen LogP contribution in [0.1, 0.15) is 18.9 Å². The van der Waals surface area contributed by atoms with E-state index in [9.17, 15) is 4.79 Å². The summed E-state index contributed by atoms with van der Waals surface area (Å²) in [5, 5.41) is 4.27. The second kappa shape index (κ2) is 6.39. The number of aromatic nitrogens is 3. The molecule has 0 unspecified atom stereocenters. The monoisotopic (exact) mass is 286 g/mol. The van der Waals surface area contributed by atoms with E-state index in [1.54, 1.807) is 30.7 Å². The number of carbonyl (C=O) groups is 1. The van der Waals surface area contributed by atoms with Gasteiger partial charge >= 0.3 is 0 Å². The fourth-order valence-electron chi connectivity index (χ4n) is 2.56. The fraction of sp³-hybridized carbons (Fsp3) is 0.400. The van der Waals surface area contributed by atoms with E-state index in [0.717, 1.165) is 19.4 Å². The molecule has 1 amide bonds. The molecule has 1 atom stereocenters. The van der Waals surface area contributed by atoms with Gasteiger partial charge in [0.25, 0.3) is 5.91 Å². The Balaban J connectivity index is 1.55. The first-order chi connectivity index (χ1) is 10.3. The van der Waals surface area contributed by atoms with Crippen LogP contribution in [0.4, 0.5) is 0 Å². The molecule has 2 aromatic rings. The zero-order chi connectivity index (χ0) is 14.5. The Morgan fingerprint density at radius 2 is 2.33 bits per heavy atom. The van der Waals surface area contributed by atoms with E-state index in [0.29, 0.717) is 12.3 Å². The minimum Gasteiger partial charge on any atom is -0.482 e. The maximum atomic E-state index is 12.2. The summed E-state index contributed by atoms with van der Waals surface area (Å²) in [6.07, 6.45) is 9.04. The summed E-state index contributed by atoms with van der Waals surface area (Å²) < 4.78 is 7.40. The molecule has 0 spiro atoms. The van der Waals surface area contributed by atoms with Gasteiger partial charge in [-0.3, -0.25) is 14.5 Å². The molecule has 6 nitrogen and oxygen atoms in total. The first-order valence-electron chi connectivity index (χ1n) is 7.12. The molecular weight excluding hydrogens is 268 g/mol. The predicted molar refractivity (Wildman–Crippen MR) is 76.8 cm³/mol. The van der Waals surface area contributed by atoms with Crippen LogP contribution in [0.3, 0.4) is 0 Å². The van der Waals surface area contributed by atoms with Crippen LogP contribution < -0.4 is 4.74 Å². The topological polar surface area (TPSA) is 60.2 Å². The van der Waals surface area contributed by atoms with Gasteiger partial charge in [0.2, 0.25) is 0 Å². The summed E-state index contributed by atoms with van der Waals surface area (Å²) in [7, 11) is 0. The second-order valence-corrected chi connectivity index (χ2v) is 5.10. The van der Waals surface area contributed by atoms with Crippen LogP contribution in [0.2, 0.25) is 0 Å². The third-order valence-corrected chi connectivity index (χ3v) is 3.64. The molecule has 0 bridgehead atoms. The lowest BCUT2D eigenvalue weighted by atomic mass is 10.1. The molecule has 110 valence electrons. The van der Waals surface area contributed by atoms with Crippen LogP contribution in [0.25, 0.3) is 0 Å². The van der Waals surface area contributed by atoms with E-state index >= 15 is 0 Å². The Kier molecular flexibility index (Phi) is 4.14. The third kappa shape index (κ3) is 3.39. The molecule has 0 aromatic carbocycles. The van der Waals surface area contributed by atoms with Crippen molar-refractivity contribution in [1.29, 1.82) is 0 Å². The van der Waals surface area contributed by atoms with Gasteiger partial charge in [0.1, 0.15) is 5.75 Å². The molecule has 21 heavy (non-hydrogen) atoms. The van der Waals surface area contributed by atoms with Crippen LogP contribution >= 0.6 is 0 Å². The molecule has 0 N–H and O–H groups in total. The SMILES string of the molecule is O=C(COc1cccnc1)N1CCC[C@H](n2cccn2)C1. The largest absolute Gasteiger partial charge is 0.482 e. The van der Waals surface area contributed by atoms with Gasteiger partial charge < -0.3 is 9.64 Å². The number of rotatable bonds is 4. The average molecular weight is 286 g/mol. The molecule has 6 heteroatoms. The lowest BCUT2D eigenvalue weighted by molar-refractivity contribution is -0.135. The highest BCUT2D eigenvalue weighted by Crippen LogP contribution is 2.20. The lowest BCUT2D eigenvalue weighted by Gasteiger charge is -2.32. The van der Waals surface area contributed by atoms with Crippen molar-refractivity contribution in [3.63, 3.8) is 0 Å². The summed E-state index contributed by atoms with van der Waals surface area (Å²) in [6, 6.07) is 5.75. The number of amides is 1. The Morgan fingerprint density at radius 3 is 3.10 bits per heavy atom. The van der Waals surface area contributed by atoms with E-state index in [2.05, 4.69) is 10.1 Å². The van der Waals surface area contributed by atoms with Crippen LogP contribution in [0.5, 0.6) is 5.75 Å². The highest BCUT2D eigenvalue weighted by molar-refractivity contribution is 5.77. The first kappa shape index (κ1) is 13.6. The fourth-order valence-corrected chi connectivity index (χ4v) is 2.56. The summed E-state index contributed by atoms with van der Waals surface area (Å²) in [6.45, 7) is 1.53. The third-order valence-electron chi connectivity index (χ3n) is 3.64. The average Bonchev–Trinajstić information content (AvgIpc) is 3.08. The minimum atomic E-state index is 0.00992. The highest BCUT2D eigenvalue weighted by atomic mass is 16.5. The van der Waals surface area contributed by atoms with Crippen molar-refractivity contribution in [2.75, 3.05) is 19.7 Å². The number of piperidine rings is 1. The maximum Gasteiger partial charge on any atom is 0.260 e. The Bertz CT molecular complexity index is 571. The predicted octanol–water partition coefficient (Wildman–Crippen LogP) is 1.52. The number of carbonyl (C=O) groups excluding carboxylic acids is 1. The molecule has 1 aliphatic rings. The van der Waals surface area contributed by atoms with Crippen LogP contribution in [-0.4, -0.2) is 45.3 Å². The smallest absolute Gasteiger partial charge is 0.260 e. The van der Waals surface area contributed by atoms with Crippen LogP contribution in [0.15, 0.2) is 43.0 Å². The van der Waals surface area contributed by atoms with Gasteiger partial charge in [0.15, 0.2) is 6.61 Å². The number of hydrogen-bond donors (Lipinski definition) is 0. The van der Waals surface area contributed by atoms with Crippen LogP contribution in [0, 0.1) is 0 Å². The Labute approximate surface area is 123 Å². The zero-order valence-corrected chi connectivity index (χ0v) is 11.8. The summed E-state index contributed by atoms with van der Waals surface area (Å²) in [4.78, 5) is 18.1. The van der Waals surface area contributed by atoms with Crippen LogP contribution in [-0.2, 0) is 4.79 Å². The van der Waals surface area contributed by atoms with Crippen molar-refractivity contribution >= 4 is 5.91 Å². The van der Waals surface area contributed by atoms with E-state index in [1.165, 1.54) is 0 Å². The molecule has 2 aromatic heterocycles. The highest BCUT2D eigenvalue weighted by Gasteiger charge is 2.25. The number of ether oxygens (including phenoxy) is 1. The quantitative estimate of drug-likeness (QED) is 0.855. The summed E-state index contributed by atoms with van der Waals surface area (Å²) in [5.74, 6) is 0.627. The standard InChI is InChI=1S/C15H18N4O2/c20-15(12-21-14-5-1-6-16-10-14)18-8-2-4-13(11-18)19-9-3-7-17-19/h1,3,5-7,9-10,13H,2,4,8,11-12H2/t13-/m0/s1. The Hall–Kier alpha value is -2.37. The van der Waals surface area contributed by atoms with Gasteiger partial charge in [0.05, 0.1) is 12.2 Å². The van der Waals surface area contributed by atoms with Gasteiger partial charge in [-0.25, -0.2) is 0 Å². The molecule has 0 aliphatic carbocycles. The normalized spacial score (nSPS) is 18.5. The molecule has 1 aliphatic heterocycles. The molecule has 1 fully saturated rings. The molecule has 1 saturated heterocycles. The minimum absolute atomic E-state index is 0.00992. The van der Waals surface area contributed by atoms with Crippen molar-refractivity contribution in [2.45, 2.75) is 18.9 Å². The number of hydrogen-bond acceptors (Lipinski definition) is 4. The van der Waals surface area contributed by atoms with E-state index in [4.69, 9.17) is 4.74 Å². The van der Waals surface area contributed by atoms with Gasteiger partial charge in [-0.2, -0.15) is 5.10 Å². The van der Waals surface area contributed by atoms with Gasteiger partial charge in [-0.1, -0.05) is 0 Å². The van der Waals surface area contributed by atoms with Crippen molar-refractivity contribution in [3.05, 3.63) is 43.0 Å².